The molecule has 3 atom stereocenters. The summed E-state index contributed by atoms with van der Waals surface area (Å²) in [6, 6.07) is 2.34. The molecule has 0 radical (unpaired) electrons. The van der Waals surface area contributed by atoms with Gasteiger partial charge in [-0.3, -0.25) is 14.4 Å². The highest BCUT2D eigenvalue weighted by molar-refractivity contribution is 9.10. The third kappa shape index (κ3) is 6.83. The smallest absolute Gasteiger partial charge is 0.418 e. The number of nitrogens with two attached hydrogens (primary N) is 1. The Morgan fingerprint density at radius 3 is 2.70 bits per heavy atom. The molecule has 5 aliphatic rings. The van der Waals surface area contributed by atoms with E-state index < -0.39 is 34.5 Å². The predicted molar refractivity (Wildman–Crippen MR) is 192 cm³/mol. The Bertz CT molecular complexity index is 2040. The predicted octanol–water partition coefficient (Wildman–Crippen LogP) is 7.02. The maximum absolute atomic E-state index is 14.3. The highest BCUT2D eigenvalue weighted by Gasteiger charge is 2.62. The van der Waals surface area contributed by atoms with Gasteiger partial charge in [0.25, 0.3) is 12.0 Å². The van der Waals surface area contributed by atoms with E-state index in [0.29, 0.717) is 60.6 Å². The van der Waals surface area contributed by atoms with Crippen LogP contribution >= 0.6 is 27.5 Å². The summed E-state index contributed by atoms with van der Waals surface area (Å²) in [5, 5.41) is 4.07. The second-order valence-corrected chi connectivity index (χ2v) is 16.7. The summed E-state index contributed by atoms with van der Waals surface area (Å²) < 4.78 is 84.8. The summed E-state index contributed by atoms with van der Waals surface area (Å²) in [4.78, 5) is 28.4. The number of benzene rings is 1. The number of carbonyl (C=O) groups excluding carboxylic acids is 1. The van der Waals surface area contributed by atoms with Crippen molar-refractivity contribution in [1.82, 2.24) is 29.5 Å². The molecule has 0 bridgehead atoms. The van der Waals surface area contributed by atoms with Crippen LogP contribution in [0.25, 0.3) is 0 Å². The Hall–Kier alpha value is -3.54. The van der Waals surface area contributed by atoms with Crippen LogP contribution in [0.1, 0.15) is 76.8 Å². The molecular formula is C36H39BrClF5N8O3. The molecule has 2 aromatic heterocycles. The first-order valence-electron chi connectivity index (χ1n) is 17.8. The molecule has 8 rings (SSSR count). The first kappa shape index (κ1) is 37.4. The average Bonchev–Trinajstić information content (AvgIpc) is 3.63. The molecule has 4 aliphatic heterocycles. The number of carbonyl (C=O) groups is 1. The molecule has 54 heavy (non-hydrogen) atoms. The molecule has 290 valence electrons. The number of aromatic nitrogens is 4. The first-order chi connectivity index (χ1) is 25.5. The fraction of sp³-hybridized carbons (Fsp3) is 0.556. The second-order valence-electron chi connectivity index (χ2n) is 15.5. The first-order valence-corrected chi connectivity index (χ1v) is 19.0. The molecule has 1 amide bonds. The SMILES string of the molecule is CN(C)C(=O)c1nn2c(c1Br)CN(c1nc(OC[C@@]34C[C@H](C=C(F)F)CN3CC3(CC3)C4)nc3c1CO[C@H](c1cc(N)cc(Cl)c1C(F)(F)F)C3)CCC2. The summed E-state index contributed by atoms with van der Waals surface area (Å²) in [5.74, 6) is -0.0795. The van der Waals surface area contributed by atoms with E-state index in [2.05, 4.69) is 25.9 Å². The van der Waals surface area contributed by atoms with Gasteiger partial charge in [-0.2, -0.15) is 37.0 Å². The van der Waals surface area contributed by atoms with Gasteiger partial charge in [-0.1, -0.05) is 11.6 Å². The summed E-state index contributed by atoms with van der Waals surface area (Å²) in [6.07, 6.45) is -2.43. The number of ether oxygens (including phenoxy) is 2. The van der Waals surface area contributed by atoms with Crippen LogP contribution in [0.2, 0.25) is 5.02 Å². The lowest BCUT2D eigenvalue weighted by Crippen LogP contribution is -2.43. The van der Waals surface area contributed by atoms with E-state index in [0.717, 1.165) is 43.6 Å². The number of anilines is 2. The van der Waals surface area contributed by atoms with Crippen molar-refractivity contribution in [3.05, 3.63) is 67.6 Å². The van der Waals surface area contributed by atoms with Crippen LogP contribution in [-0.4, -0.2) is 81.3 Å². The van der Waals surface area contributed by atoms with E-state index in [-0.39, 0.29) is 59.8 Å². The van der Waals surface area contributed by atoms with Crippen LogP contribution in [-0.2, 0) is 37.0 Å². The van der Waals surface area contributed by atoms with E-state index >= 15 is 0 Å². The van der Waals surface area contributed by atoms with Gasteiger partial charge in [0, 0.05) is 57.9 Å². The minimum Gasteiger partial charge on any atom is -0.461 e. The molecule has 18 heteroatoms. The number of nitrogen functional groups attached to an aromatic ring is 1. The minimum atomic E-state index is -4.77. The zero-order valence-corrected chi connectivity index (χ0v) is 32.0. The Kier molecular flexibility index (Phi) is 9.41. The van der Waals surface area contributed by atoms with Crippen molar-refractivity contribution in [1.29, 1.82) is 0 Å². The fourth-order valence-corrected chi connectivity index (χ4v) is 9.83. The molecule has 1 spiro atoms. The Morgan fingerprint density at radius 2 is 2.00 bits per heavy atom. The van der Waals surface area contributed by atoms with Crippen molar-refractivity contribution >= 4 is 44.9 Å². The lowest BCUT2D eigenvalue weighted by Gasteiger charge is -2.33. The number of halogens is 7. The standard InChI is InChI=1S/C36H39BrClF5N8O3/c1-48(2)32(52)30-29(37)25-14-49(6-3-7-51(25)47-30)31-22-15-53-26(21-9-20(44)10-23(38)28(21)36(41,42)43)11-24(22)45-33(46-31)54-18-35-12-19(8-27(39)40)13-50(35)17-34(16-35)4-5-34/h8-10,19,26H,3-7,11-18,44H2,1-2H3/t19-,26-,35-/m0/s1. The number of hydrogen-bond donors (Lipinski definition) is 1. The van der Waals surface area contributed by atoms with Crippen LogP contribution < -0.4 is 15.4 Å². The van der Waals surface area contributed by atoms with E-state index in [9.17, 15) is 26.7 Å². The van der Waals surface area contributed by atoms with Crippen LogP contribution in [0.3, 0.4) is 0 Å². The largest absolute Gasteiger partial charge is 0.461 e. The van der Waals surface area contributed by atoms with Gasteiger partial charge in [0.2, 0.25) is 0 Å². The van der Waals surface area contributed by atoms with Crippen molar-refractivity contribution in [2.45, 2.75) is 76.0 Å². The molecule has 0 unspecified atom stereocenters. The van der Waals surface area contributed by atoms with Crippen LogP contribution in [0.4, 0.5) is 33.5 Å². The molecule has 2 saturated heterocycles. The minimum absolute atomic E-state index is 0.0353. The van der Waals surface area contributed by atoms with Crippen molar-refractivity contribution in [3.63, 3.8) is 0 Å². The van der Waals surface area contributed by atoms with E-state index in [1.54, 1.807) is 18.8 Å². The Labute approximate surface area is 321 Å². The summed E-state index contributed by atoms with van der Waals surface area (Å²) in [6.45, 7) is 2.76. The van der Waals surface area contributed by atoms with Crippen molar-refractivity contribution in [2.24, 2.45) is 11.3 Å². The molecular weight excluding hydrogens is 803 g/mol. The highest BCUT2D eigenvalue weighted by atomic mass is 79.9. The van der Waals surface area contributed by atoms with Gasteiger partial charge in [-0.05, 0) is 83.1 Å². The van der Waals surface area contributed by atoms with Crippen molar-refractivity contribution in [2.75, 3.05) is 51.0 Å². The zero-order chi connectivity index (χ0) is 38.3. The zero-order valence-electron chi connectivity index (χ0n) is 29.7. The van der Waals surface area contributed by atoms with Gasteiger partial charge < -0.3 is 25.0 Å². The molecule has 3 aromatic rings. The summed E-state index contributed by atoms with van der Waals surface area (Å²) in [5.41, 5.74) is 6.61. The van der Waals surface area contributed by atoms with E-state index in [4.69, 9.17) is 36.8 Å². The van der Waals surface area contributed by atoms with Gasteiger partial charge in [0.05, 0.1) is 51.2 Å². The highest BCUT2D eigenvalue weighted by Crippen LogP contribution is 2.61. The fourth-order valence-electron chi connectivity index (χ4n) is 8.91. The number of aryl methyl sites for hydroxylation is 1. The number of fused-ring (bicyclic) bond motifs is 3. The molecule has 3 fully saturated rings. The number of rotatable bonds is 7. The van der Waals surface area contributed by atoms with E-state index in [1.165, 1.54) is 11.0 Å². The maximum atomic E-state index is 14.3. The summed E-state index contributed by atoms with van der Waals surface area (Å²) >= 11 is 9.73. The molecule has 1 saturated carbocycles. The van der Waals surface area contributed by atoms with Gasteiger partial charge in [0.15, 0.2) is 5.69 Å². The average molecular weight is 842 g/mol. The number of alkyl halides is 3. The Morgan fingerprint density at radius 1 is 1.22 bits per heavy atom. The topological polar surface area (TPSA) is 115 Å². The lowest BCUT2D eigenvalue weighted by atomic mass is 9.86. The number of nitrogens with zero attached hydrogens (tertiary/aromatic N) is 7. The third-order valence-corrected chi connectivity index (χ3v) is 12.6. The van der Waals surface area contributed by atoms with Crippen LogP contribution in [0, 0.1) is 11.3 Å². The van der Waals surface area contributed by atoms with Crippen LogP contribution in [0.5, 0.6) is 6.01 Å². The van der Waals surface area contributed by atoms with Gasteiger partial charge in [-0.25, -0.2) is 0 Å². The normalized spacial score (nSPS) is 24.5. The quantitative estimate of drug-likeness (QED) is 0.198. The molecule has 1 aromatic carbocycles. The van der Waals surface area contributed by atoms with E-state index in [1.807, 2.05) is 4.90 Å². The molecule has 2 N–H and O–H groups in total. The maximum Gasteiger partial charge on any atom is 0.418 e. The second kappa shape index (κ2) is 13.6. The molecule has 11 nitrogen and oxygen atoms in total. The number of amides is 1. The van der Waals surface area contributed by atoms with Crippen molar-refractivity contribution in [3.8, 4) is 6.01 Å². The number of hydrogen-bond acceptors (Lipinski definition) is 9. The van der Waals surface area contributed by atoms with Gasteiger partial charge >= 0.3 is 12.2 Å². The molecule has 1 aliphatic carbocycles. The molecule has 6 heterocycles. The lowest BCUT2D eigenvalue weighted by molar-refractivity contribution is -0.139. The van der Waals surface area contributed by atoms with Crippen molar-refractivity contribution < 1.29 is 36.2 Å². The van der Waals surface area contributed by atoms with Crippen LogP contribution in [0.15, 0.2) is 28.8 Å². The summed E-state index contributed by atoms with van der Waals surface area (Å²) in [7, 11) is 3.30. The van der Waals surface area contributed by atoms with Gasteiger partial charge in [-0.15, -0.1) is 0 Å². The monoisotopic (exact) mass is 840 g/mol. The Balaban J connectivity index is 1.16. The third-order valence-electron chi connectivity index (χ3n) is 11.5. The van der Waals surface area contributed by atoms with Gasteiger partial charge in [0.1, 0.15) is 12.4 Å².